The lowest BCUT2D eigenvalue weighted by molar-refractivity contribution is -0.123. The summed E-state index contributed by atoms with van der Waals surface area (Å²) in [7, 11) is 1.50. The van der Waals surface area contributed by atoms with Gasteiger partial charge in [-0.15, -0.1) is 0 Å². The number of halogens is 9. The number of thiazole rings is 1. The smallest absolute Gasteiger partial charge is 0.290 e. The van der Waals surface area contributed by atoms with Crippen LogP contribution in [-0.4, -0.2) is 51.7 Å². The highest BCUT2D eigenvalue weighted by atomic mass is 32.1. The molecule has 1 aliphatic carbocycles. The van der Waals surface area contributed by atoms with E-state index in [1.807, 2.05) is 0 Å². The first-order valence-corrected chi connectivity index (χ1v) is 17.0. The Morgan fingerprint density at radius 3 is 2.33 bits per heavy atom. The molecule has 54 heavy (non-hydrogen) atoms. The zero-order chi connectivity index (χ0) is 39.1. The Kier molecular flexibility index (Phi) is 10.7. The molecule has 0 spiro atoms. The fourth-order valence-corrected chi connectivity index (χ4v) is 7.14. The highest BCUT2D eigenvalue weighted by Gasteiger charge is 2.55. The van der Waals surface area contributed by atoms with Crippen LogP contribution in [0.2, 0.25) is 0 Å². The molecule has 0 unspecified atom stereocenters. The van der Waals surface area contributed by atoms with Gasteiger partial charge in [-0.1, -0.05) is 17.4 Å². The van der Waals surface area contributed by atoms with E-state index in [9.17, 15) is 40.3 Å². The van der Waals surface area contributed by atoms with Gasteiger partial charge in [0.15, 0.2) is 16.6 Å². The number of hydrogen-bond donors (Lipinski definition) is 2. The van der Waals surface area contributed by atoms with E-state index in [4.69, 9.17) is 4.74 Å². The molecule has 9 nitrogen and oxygen atoms in total. The molecule has 1 amide bonds. The van der Waals surface area contributed by atoms with Crippen LogP contribution in [0, 0.1) is 17.5 Å². The van der Waals surface area contributed by atoms with Gasteiger partial charge in [-0.2, -0.15) is 13.9 Å². The van der Waals surface area contributed by atoms with Crippen molar-refractivity contribution in [3.8, 4) is 11.1 Å². The van der Waals surface area contributed by atoms with Crippen molar-refractivity contribution in [1.29, 1.82) is 0 Å². The SMILES string of the molecule is COCCNc1nc2nc([C@H](Cc3cc(F)cc(F)c3)NC(=O)Cn3nc(C(F)F)c4c3C(F)(F)CCC4(F)F)c(-c3ccc(F)c(C(C)=O)c3)cc2s1. The Hall–Kier alpha value is -5.04. The number of nitrogens with zero attached hydrogens (tertiary/aromatic N) is 4. The summed E-state index contributed by atoms with van der Waals surface area (Å²) < 4.78 is 137. The lowest BCUT2D eigenvalue weighted by atomic mass is 9.89. The number of carbonyl (C=O) groups is 2. The zero-order valence-electron chi connectivity index (χ0n) is 28.3. The van der Waals surface area contributed by atoms with E-state index in [0.29, 0.717) is 29.0 Å². The number of alkyl halides is 6. The number of methoxy groups -OCH3 is 1. The molecule has 6 rings (SSSR count). The Bertz CT molecular complexity index is 2220. The van der Waals surface area contributed by atoms with Gasteiger partial charge in [0.05, 0.1) is 34.2 Å². The third kappa shape index (κ3) is 7.91. The molecule has 2 aromatic carbocycles. The van der Waals surface area contributed by atoms with E-state index < -0.39 is 96.2 Å². The molecular formula is C35H29F9N6O3S. The first-order valence-electron chi connectivity index (χ1n) is 16.2. The maximum atomic E-state index is 15.1. The molecule has 0 saturated carbocycles. The second-order valence-corrected chi connectivity index (χ2v) is 13.5. The van der Waals surface area contributed by atoms with E-state index in [0.717, 1.165) is 36.5 Å². The lowest BCUT2D eigenvalue weighted by Crippen LogP contribution is -2.37. The molecule has 5 aromatic rings. The molecule has 0 bridgehead atoms. The van der Waals surface area contributed by atoms with Gasteiger partial charge in [-0.25, -0.2) is 40.7 Å². The van der Waals surface area contributed by atoms with E-state index >= 15 is 8.78 Å². The quantitative estimate of drug-likeness (QED) is 0.0703. The topological polar surface area (TPSA) is 111 Å². The highest BCUT2D eigenvalue weighted by molar-refractivity contribution is 7.22. The standard InChI is InChI=1S/C35H29F9N6O3S/c1-16(51)21-12-18(3-4-23(21)38)22-14-25-32(48-33(54-25)45-7-8-53-2)47-28(22)24(11-17-9-19(36)13-20(37)10-17)46-26(52)15-50-30-27(29(49-50)31(39)40)34(41,42)5-6-35(30,43)44/h3-4,9-10,12-14,24,31H,5-8,11,15H2,1-2H3,(H,46,52)(H,45,47,48)/t24-/m0/s1. The van der Waals surface area contributed by atoms with Gasteiger partial charge < -0.3 is 15.4 Å². The molecular weight excluding hydrogens is 755 g/mol. The molecule has 286 valence electrons. The number of pyridine rings is 1. The number of fused-ring (bicyclic) bond motifs is 2. The van der Waals surface area contributed by atoms with E-state index in [-0.39, 0.29) is 38.3 Å². The Morgan fingerprint density at radius 1 is 0.963 bits per heavy atom. The van der Waals surface area contributed by atoms with Crippen molar-refractivity contribution in [3.63, 3.8) is 0 Å². The number of rotatable bonds is 13. The lowest BCUT2D eigenvalue weighted by Gasteiger charge is -2.29. The number of ketones is 1. The third-order valence-electron chi connectivity index (χ3n) is 8.62. The van der Waals surface area contributed by atoms with E-state index in [2.05, 4.69) is 25.7 Å². The summed E-state index contributed by atoms with van der Waals surface area (Å²) in [5.41, 5.74) is -4.66. The van der Waals surface area contributed by atoms with Crippen LogP contribution >= 0.6 is 11.3 Å². The van der Waals surface area contributed by atoms with Crippen LogP contribution in [0.3, 0.4) is 0 Å². The summed E-state index contributed by atoms with van der Waals surface area (Å²) >= 11 is 1.16. The summed E-state index contributed by atoms with van der Waals surface area (Å²) in [6.07, 6.45) is -6.94. The Morgan fingerprint density at radius 2 is 1.67 bits per heavy atom. The number of aromatic nitrogens is 4. The second kappa shape index (κ2) is 15.0. The van der Waals surface area contributed by atoms with Gasteiger partial charge in [-0.05, 0) is 54.8 Å². The molecule has 3 heterocycles. The van der Waals surface area contributed by atoms with Crippen molar-refractivity contribution in [3.05, 3.63) is 93.7 Å². The van der Waals surface area contributed by atoms with Crippen molar-refractivity contribution in [1.82, 2.24) is 25.1 Å². The van der Waals surface area contributed by atoms with Crippen LogP contribution in [0.4, 0.5) is 44.6 Å². The molecule has 2 N–H and O–H groups in total. The number of ether oxygens (including phenoxy) is 1. The number of anilines is 1. The number of Topliss-reactive ketones (excluding diaryl/α,β-unsaturated/α-hetero) is 1. The predicted molar refractivity (Wildman–Crippen MR) is 178 cm³/mol. The first kappa shape index (κ1) is 38.7. The minimum atomic E-state index is -4.09. The summed E-state index contributed by atoms with van der Waals surface area (Å²) in [6, 6.07) is 6.23. The molecule has 0 fully saturated rings. The number of nitrogens with one attached hydrogen (secondary N) is 2. The Labute approximate surface area is 304 Å². The van der Waals surface area contributed by atoms with E-state index in [1.54, 1.807) is 6.07 Å². The monoisotopic (exact) mass is 784 g/mol. The maximum Gasteiger partial charge on any atom is 0.290 e. The summed E-state index contributed by atoms with van der Waals surface area (Å²) in [5, 5.41) is 9.28. The molecule has 0 saturated heterocycles. The first-order chi connectivity index (χ1) is 25.5. The number of amides is 1. The van der Waals surface area contributed by atoms with Crippen LogP contribution in [0.15, 0.2) is 42.5 Å². The second-order valence-electron chi connectivity index (χ2n) is 12.5. The Balaban J connectivity index is 1.49. The average Bonchev–Trinajstić information content (AvgIpc) is 3.68. The maximum absolute atomic E-state index is 15.1. The minimum absolute atomic E-state index is 0.0305. The van der Waals surface area contributed by atoms with Crippen molar-refractivity contribution < 1.29 is 53.8 Å². The fourth-order valence-electron chi connectivity index (χ4n) is 6.27. The van der Waals surface area contributed by atoms with Crippen LogP contribution < -0.4 is 10.6 Å². The third-order valence-corrected chi connectivity index (χ3v) is 9.57. The fraction of sp³-hybridized carbons (Fsp3) is 0.343. The van der Waals surface area contributed by atoms with Gasteiger partial charge in [-0.3, -0.25) is 14.3 Å². The predicted octanol–water partition coefficient (Wildman–Crippen LogP) is 8.25. The number of benzene rings is 2. The van der Waals surface area contributed by atoms with Gasteiger partial charge in [0.1, 0.15) is 35.4 Å². The summed E-state index contributed by atoms with van der Waals surface area (Å²) in [5.74, 6) is -12.8. The van der Waals surface area contributed by atoms with Crippen LogP contribution in [0.1, 0.15) is 70.8 Å². The minimum Gasteiger partial charge on any atom is -0.383 e. The van der Waals surface area contributed by atoms with Crippen LogP contribution in [0.5, 0.6) is 0 Å². The van der Waals surface area contributed by atoms with Gasteiger partial charge in [0, 0.05) is 38.1 Å². The summed E-state index contributed by atoms with van der Waals surface area (Å²) in [4.78, 5) is 35.1. The van der Waals surface area contributed by atoms with Crippen molar-refractivity contribution in [2.45, 2.75) is 57.0 Å². The normalized spacial score (nSPS) is 15.3. The van der Waals surface area contributed by atoms with Crippen LogP contribution in [-0.2, 0) is 34.3 Å². The van der Waals surface area contributed by atoms with Crippen molar-refractivity contribution in [2.24, 2.45) is 0 Å². The molecule has 3 aromatic heterocycles. The average molecular weight is 785 g/mol. The summed E-state index contributed by atoms with van der Waals surface area (Å²) in [6.45, 7) is 0.570. The van der Waals surface area contributed by atoms with E-state index in [1.165, 1.54) is 19.2 Å². The number of carbonyl (C=O) groups excluding carboxylic acids is 2. The molecule has 1 atom stereocenters. The number of hydrogen-bond acceptors (Lipinski definition) is 8. The van der Waals surface area contributed by atoms with Gasteiger partial charge in [0.2, 0.25) is 5.91 Å². The largest absolute Gasteiger partial charge is 0.383 e. The molecule has 19 heteroatoms. The highest BCUT2D eigenvalue weighted by Crippen LogP contribution is 2.52. The molecule has 1 aliphatic rings. The van der Waals surface area contributed by atoms with Crippen molar-refractivity contribution in [2.75, 3.05) is 25.6 Å². The zero-order valence-corrected chi connectivity index (χ0v) is 29.1. The molecule has 0 radical (unpaired) electrons. The van der Waals surface area contributed by atoms with Crippen LogP contribution in [0.25, 0.3) is 21.5 Å². The van der Waals surface area contributed by atoms with Gasteiger partial charge in [0.25, 0.3) is 18.3 Å². The molecule has 0 aliphatic heterocycles. The van der Waals surface area contributed by atoms with Gasteiger partial charge >= 0.3 is 0 Å². The van der Waals surface area contributed by atoms with Crippen molar-refractivity contribution >= 4 is 38.5 Å².